The maximum Gasteiger partial charge on any atom is 0.150 e. The maximum absolute atomic E-state index is 4.64. The lowest BCUT2D eigenvalue weighted by Gasteiger charge is -2.17. The Labute approximate surface area is 147 Å². The zero-order valence-corrected chi connectivity index (χ0v) is 14.2. The van der Waals surface area contributed by atoms with E-state index < -0.39 is 0 Å². The highest BCUT2D eigenvalue weighted by Gasteiger charge is 2.13. The zero-order valence-electron chi connectivity index (χ0n) is 14.2. The molecule has 126 valence electrons. The van der Waals surface area contributed by atoms with Gasteiger partial charge in [-0.1, -0.05) is 0 Å². The number of nitrogens with zero attached hydrogens (tertiary/aromatic N) is 5. The first-order chi connectivity index (χ1) is 12.3. The van der Waals surface area contributed by atoms with Crippen molar-refractivity contribution in [2.75, 3.05) is 23.3 Å². The Hall–Kier alpha value is -3.02. The third kappa shape index (κ3) is 3.57. The van der Waals surface area contributed by atoms with E-state index in [0.717, 1.165) is 35.9 Å². The molecule has 6 heteroatoms. The molecule has 1 saturated heterocycles. The van der Waals surface area contributed by atoms with Gasteiger partial charge in [0.2, 0.25) is 0 Å². The zero-order chi connectivity index (χ0) is 17.1. The monoisotopic (exact) mass is 332 g/mol. The molecule has 0 atom stereocenters. The van der Waals surface area contributed by atoms with Gasteiger partial charge < -0.3 is 10.2 Å². The van der Waals surface area contributed by atoms with Crippen molar-refractivity contribution in [2.45, 2.75) is 19.8 Å². The first-order valence-corrected chi connectivity index (χ1v) is 8.51. The predicted octanol–water partition coefficient (Wildman–Crippen LogP) is 3.59. The van der Waals surface area contributed by atoms with E-state index in [4.69, 9.17) is 0 Å². The van der Waals surface area contributed by atoms with E-state index >= 15 is 0 Å². The van der Waals surface area contributed by atoms with Crippen LogP contribution in [0.4, 0.5) is 17.3 Å². The van der Waals surface area contributed by atoms with Gasteiger partial charge in [-0.25, -0.2) is 9.97 Å². The Morgan fingerprint density at radius 2 is 1.76 bits per heavy atom. The molecule has 0 aliphatic carbocycles. The summed E-state index contributed by atoms with van der Waals surface area (Å²) in [7, 11) is 0. The number of hydrogen-bond acceptors (Lipinski definition) is 6. The maximum atomic E-state index is 4.64. The molecular weight excluding hydrogens is 312 g/mol. The van der Waals surface area contributed by atoms with Gasteiger partial charge in [0.15, 0.2) is 5.82 Å². The van der Waals surface area contributed by atoms with E-state index in [1.807, 2.05) is 25.3 Å². The van der Waals surface area contributed by atoms with Crippen molar-refractivity contribution >= 4 is 17.3 Å². The van der Waals surface area contributed by atoms with Crippen molar-refractivity contribution in [1.82, 2.24) is 19.9 Å². The van der Waals surface area contributed by atoms with Crippen LogP contribution in [-0.2, 0) is 0 Å². The van der Waals surface area contributed by atoms with Crippen molar-refractivity contribution in [3.8, 4) is 11.4 Å². The van der Waals surface area contributed by atoms with Crippen LogP contribution in [0.3, 0.4) is 0 Å². The molecule has 1 fully saturated rings. The topological polar surface area (TPSA) is 66.8 Å². The SMILES string of the molecule is Cc1ccnc(Nc2cncc(-c3cc(N4CCCC4)ccn3)n2)c1. The molecule has 3 aromatic rings. The van der Waals surface area contributed by atoms with Crippen molar-refractivity contribution in [2.24, 2.45) is 0 Å². The molecule has 1 aliphatic rings. The van der Waals surface area contributed by atoms with Crippen molar-refractivity contribution < 1.29 is 0 Å². The van der Waals surface area contributed by atoms with Crippen LogP contribution in [-0.4, -0.2) is 33.0 Å². The fourth-order valence-electron chi connectivity index (χ4n) is 3.02. The molecule has 1 aliphatic heterocycles. The third-order valence-corrected chi connectivity index (χ3v) is 4.28. The van der Waals surface area contributed by atoms with Gasteiger partial charge in [0.05, 0.1) is 18.1 Å². The fraction of sp³-hybridized carbons (Fsp3) is 0.263. The van der Waals surface area contributed by atoms with Gasteiger partial charge in [-0.05, 0) is 49.6 Å². The lowest BCUT2D eigenvalue weighted by molar-refractivity contribution is 0.949. The van der Waals surface area contributed by atoms with Crippen molar-refractivity contribution in [3.63, 3.8) is 0 Å². The second-order valence-electron chi connectivity index (χ2n) is 6.23. The molecule has 25 heavy (non-hydrogen) atoms. The number of nitrogens with one attached hydrogen (secondary N) is 1. The Balaban J connectivity index is 1.60. The van der Waals surface area contributed by atoms with E-state index in [2.05, 4.69) is 42.3 Å². The molecule has 0 radical (unpaired) electrons. The average Bonchev–Trinajstić information content (AvgIpc) is 3.17. The summed E-state index contributed by atoms with van der Waals surface area (Å²) < 4.78 is 0. The molecule has 0 spiro atoms. The second-order valence-corrected chi connectivity index (χ2v) is 6.23. The first-order valence-electron chi connectivity index (χ1n) is 8.51. The highest BCUT2D eigenvalue weighted by molar-refractivity contribution is 5.63. The molecule has 3 aromatic heterocycles. The molecule has 1 N–H and O–H groups in total. The quantitative estimate of drug-likeness (QED) is 0.787. The van der Waals surface area contributed by atoms with Gasteiger partial charge in [-0.15, -0.1) is 0 Å². The second kappa shape index (κ2) is 6.84. The lowest BCUT2D eigenvalue weighted by atomic mass is 10.2. The highest BCUT2D eigenvalue weighted by atomic mass is 15.1. The Bertz CT molecular complexity index is 873. The van der Waals surface area contributed by atoms with Gasteiger partial charge in [0.1, 0.15) is 11.5 Å². The van der Waals surface area contributed by atoms with E-state index in [-0.39, 0.29) is 0 Å². The molecule has 4 heterocycles. The summed E-state index contributed by atoms with van der Waals surface area (Å²) >= 11 is 0. The number of hydrogen-bond donors (Lipinski definition) is 1. The summed E-state index contributed by atoms with van der Waals surface area (Å²) in [5.74, 6) is 1.41. The smallest absolute Gasteiger partial charge is 0.150 e. The number of anilines is 3. The van der Waals surface area contributed by atoms with E-state index in [9.17, 15) is 0 Å². The first kappa shape index (κ1) is 15.5. The molecule has 0 saturated carbocycles. The number of pyridine rings is 2. The van der Waals surface area contributed by atoms with Gasteiger partial charge in [0, 0.05) is 31.2 Å². The Kier molecular flexibility index (Phi) is 4.24. The van der Waals surface area contributed by atoms with E-state index in [1.54, 1.807) is 18.6 Å². The van der Waals surface area contributed by atoms with Gasteiger partial charge in [-0.3, -0.25) is 9.97 Å². The van der Waals surface area contributed by atoms with Crippen LogP contribution in [0.25, 0.3) is 11.4 Å². The van der Waals surface area contributed by atoms with E-state index in [1.165, 1.54) is 18.5 Å². The summed E-state index contributed by atoms with van der Waals surface area (Å²) in [5, 5.41) is 3.20. The lowest BCUT2D eigenvalue weighted by Crippen LogP contribution is -2.17. The fourth-order valence-corrected chi connectivity index (χ4v) is 3.02. The summed E-state index contributed by atoms with van der Waals surface area (Å²) in [5.41, 5.74) is 3.92. The number of aryl methyl sites for hydroxylation is 1. The summed E-state index contributed by atoms with van der Waals surface area (Å²) in [6, 6.07) is 8.08. The van der Waals surface area contributed by atoms with Gasteiger partial charge >= 0.3 is 0 Å². The molecule has 0 bridgehead atoms. The largest absolute Gasteiger partial charge is 0.371 e. The van der Waals surface area contributed by atoms with Crippen LogP contribution in [0, 0.1) is 6.92 Å². The van der Waals surface area contributed by atoms with Crippen molar-refractivity contribution in [3.05, 3.63) is 54.6 Å². The van der Waals surface area contributed by atoms with Gasteiger partial charge in [0.25, 0.3) is 0 Å². The molecular formula is C19H20N6. The predicted molar refractivity (Wildman–Crippen MR) is 99.0 cm³/mol. The summed E-state index contributed by atoms with van der Waals surface area (Å²) in [6.07, 6.45) is 9.55. The Morgan fingerprint density at radius 1 is 0.920 bits per heavy atom. The van der Waals surface area contributed by atoms with Crippen LogP contribution in [0.15, 0.2) is 49.1 Å². The van der Waals surface area contributed by atoms with Gasteiger partial charge in [-0.2, -0.15) is 0 Å². The summed E-state index contributed by atoms with van der Waals surface area (Å²) in [4.78, 5) is 20.1. The summed E-state index contributed by atoms with van der Waals surface area (Å²) in [6.45, 7) is 4.24. The molecule has 6 nitrogen and oxygen atoms in total. The highest BCUT2D eigenvalue weighted by Crippen LogP contribution is 2.24. The molecule has 0 unspecified atom stereocenters. The van der Waals surface area contributed by atoms with Crippen LogP contribution >= 0.6 is 0 Å². The van der Waals surface area contributed by atoms with Crippen LogP contribution < -0.4 is 10.2 Å². The van der Waals surface area contributed by atoms with E-state index in [0.29, 0.717) is 5.82 Å². The number of rotatable bonds is 4. The normalized spacial score (nSPS) is 13.9. The van der Waals surface area contributed by atoms with Crippen LogP contribution in [0.2, 0.25) is 0 Å². The molecule has 4 rings (SSSR count). The molecule has 0 amide bonds. The minimum atomic E-state index is 0.656. The minimum Gasteiger partial charge on any atom is -0.371 e. The molecule has 0 aromatic carbocycles. The Morgan fingerprint density at radius 3 is 2.60 bits per heavy atom. The third-order valence-electron chi connectivity index (χ3n) is 4.28. The van der Waals surface area contributed by atoms with Crippen LogP contribution in [0.1, 0.15) is 18.4 Å². The standard InChI is InChI=1S/C19H20N6/c1-14-4-6-22-18(10-14)24-19-13-20-12-17(23-19)16-11-15(5-7-21-16)25-8-2-3-9-25/h4-7,10-13H,2-3,8-9H2,1H3,(H,22,23,24). The number of aromatic nitrogens is 4. The van der Waals surface area contributed by atoms with Crippen molar-refractivity contribution in [1.29, 1.82) is 0 Å². The average molecular weight is 332 g/mol. The van der Waals surface area contributed by atoms with Crippen LogP contribution in [0.5, 0.6) is 0 Å². The minimum absolute atomic E-state index is 0.656.